The minimum absolute atomic E-state index is 0. The molecule has 0 bridgehead atoms. The molecule has 1 aromatic rings. The molecule has 1 saturated heterocycles. The maximum atomic E-state index is 12.1. The van der Waals surface area contributed by atoms with Gasteiger partial charge < -0.3 is 5.11 Å². The number of allylic oxidation sites excluding steroid dienone is 2. The summed E-state index contributed by atoms with van der Waals surface area (Å²) in [5.41, 5.74) is 1.93. The Balaban J connectivity index is 0.00000242. The Kier molecular flexibility index (Phi) is 8.19. The largest absolute Gasteiger partial charge is 1.00 e. The fraction of sp³-hybridized carbons (Fsp3) is 0.133. The summed E-state index contributed by atoms with van der Waals surface area (Å²) in [6, 6.07) is 9.74. The van der Waals surface area contributed by atoms with Crippen molar-refractivity contribution in [3.05, 3.63) is 52.4 Å². The Morgan fingerprint density at radius 1 is 1.36 bits per heavy atom. The van der Waals surface area contributed by atoms with Crippen molar-refractivity contribution in [2.75, 3.05) is 6.54 Å². The summed E-state index contributed by atoms with van der Waals surface area (Å²) in [5.74, 6) is -1.43. The molecule has 1 aliphatic rings. The van der Waals surface area contributed by atoms with Crippen LogP contribution in [0, 0.1) is 0 Å². The SMILES string of the molecule is CC(=C\c1ccccc1)/C=C1/SC(=S)N(CC(=O)O)C1=O.[K+]. The van der Waals surface area contributed by atoms with Gasteiger partial charge in [0.05, 0.1) is 4.91 Å². The van der Waals surface area contributed by atoms with Gasteiger partial charge in [-0.15, -0.1) is 0 Å². The molecule has 0 aliphatic carbocycles. The molecule has 4 nitrogen and oxygen atoms in total. The number of carbonyl (C=O) groups excluding carboxylic acids is 1. The van der Waals surface area contributed by atoms with Crippen LogP contribution in [-0.4, -0.2) is 32.7 Å². The van der Waals surface area contributed by atoms with Gasteiger partial charge in [0.2, 0.25) is 0 Å². The maximum Gasteiger partial charge on any atom is 1.00 e. The van der Waals surface area contributed by atoms with E-state index in [0.29, 0.717) is 4.91 Å². The average Bonchev–Trinajstić information content (AvgIpc) is 2.67. The van der Waals surface area contributed by atoms with Crippen LogP contribution < -0.4 is 51.4 Å². The third-order valence-corrected chi connectivity index (χ3v) is 4.10. The summed E-state index contributed by atoms with van der Waals surface area (Å²) in [6.07, 6.45) is 3.68. The van der Waals surface area contributed by atoms with Crippen molar-refractivity contribution in [3.63, 3.8) is 0 Å². The number of nitrogens with zero attached hydrogens (tertiary/aromatic N) is 1. The Bertz CT molecular complexity index is 656. The van der Waals surface area contributed by atoms with Crippen molar-refractivity contribution >= 4 is 46.3 Å². The second kappa shape index (κ2) is 9.12. The van der Waals surface area contributed by atoms with Crippen molar-refractivity contribution in [1.82, 2.24) is 4.90 Å². The average molecular weight is 359 g/mol. The zero-order chi connectivity index (χ0) is 15.4. The van der Waals surface area contributed by atoms with Crippen molar-refractivity contribution < 1.29 is 66.1 Å². The van der Waals surface area contributed by atoms with Gasteiger partial charge in [0.25, 0.3) is 5.91 Å². The van der Waals surface area contributed by atoms with Crippen LogP contribution in [0.2, 0.25) is 0 Å². The van der Waals surface area contributed by atoms with Gasteiger partial charge in [-0.2, -0.15) is 0 Å². The van der Waals surface area contributed by atoms with Gasteiger partial charge in [0.1, 0.15) is 10.9 Å². The number of carboxylic acid groups (broad SMARTS) is 1. The quantitative estimate of drug-likeness (QED) is 0.464. The van der Waals surface area contributed by atoms with Crippen LogP contribution >= 0.6 is 24.0 Å². The van der Waals surface area contributed by atoms with Crippen LogP contribution in [0.1, 0.15) is 12.5 Å². The fourth-order valence-corrected chi connectivity index (χ4v) is 3.14. The molecule has 22 heavy (non-hydrogen) atoms. The molecule has 0 radical (unpaired) electrons. The van der Waals surface area contributed by atoms with E-state index in [0.717, 1.165) is 27.8 Å². The standard InChI is InChI=1S/C15H13NO3S2.K/c1-10(7-11-5-3-2-4-6-11)8-12-14(19)16(9-13(17)18)15(20)21-12;/h2-8H,9H2,1H3,(H,17,18);/q;+1/b10-7+,12-8+;. The number of hydrogen-bond donors (Lipinski definition) is 1. The van der Waals surface area contributed by atoms with E-state index in [1.54, 1.807) is 6.08 Å². The number of carboxylic acids is 1. The molecule has 0 unspecified atom stereocenters. The van der Waals surface area contributed by atoms with E-state index >= 15 is 0 Å². The molecule has 0 saturated carbocycles. The van der Waals surface area contributed by atoms with Gasteiger partial charge in [-0.05, 0) is 24.1 Å². The monoisotopic (exact) mass is 358 g/mol. The molecule has 108 valence electrons. The molecule has 1 amide bonds. The molecule has 1 N–H and O–H groups in total. The van der Waals surface area contributed by atoms with Crippen molar-refractivity contribution in [2.24, 2.45) is 0 Å². The van der Waals surface area contributed by atoms with Crippen LogP contribution in [0.3, 0.4) is 0 Å². The molecular formula is C15H13KNO3S2+. The van der Waals surface area contributed by atoms with E-state index in [-0.39, 0.29) is 61.6 Å². The first-order chi connectivity index (χ1) is 9.97. The van der Waals surface area contributed by atoms with Crippen molar-refractivity contribution in [3.8, 4) is 0 Å². The Hall–Kier alpha value is -0.284. The topological polar surface area (TPSA) is 57.6 Å². The molecule has 2 rings (SSSR count). The van der Waals surface area contributed by atoms with Crippen LogP contribution in [0.4, 0.5) is 0 Å². The summed E-state index contributed by atoms with van der Waals surface area (Å²) in [4.78, 5) is 24.4. The normalized spacial score (nSPS) is 16.9. The third-order valence-electron chi connectivity index (χ3n) is 2.72. The zero-order valence-electron chi connectivity index (χ0n) is 12.3. The minimum atomic E-state index is -1.08. The van der Waals surface area contributed by atoms with Crippen LogP contribution in [0.25, 0.3) is 6.08 Å². The number of amides is 1. The molecule has 1 heterocycles. The number of hydrogen-bond acceptors (Lipinski definition) is 4. The predicted molar refractivity (Wildman–Crippen MR) is 87.7 cm³/mol. The smallest absolute Gasteiger partial charge is 0.480 e. The van der Waals surface area contributed by atoms with Crippen molar-refractivity contribution in [1.29, 1.82) is 0 Å². The molecule has 1 aromatic carbocycles. The number of thiocarbonyl (C=S) groups is 1. The number of aliphatic carboxylic acids is 1. The van der Waals surface area contributed by atoms with Gasteiger partial charge in [-0.3, -0.25) is 14.5 Å². The number of carbonyl (C=O) groups is 2. The molecule has 1 aliphatic heterocycles. The van der Waals surface area contributed by atoms with Crippen LogP contribution in [0.15, 0.2) is 46.9 Å². The van der Waals surface area contributed by atoms with E-state index in [1.807, 2.05) is 43.3 Å². The molecule has 1 fully saturated rings. The summed E-state index contributed by atoms with van der Waals surface area (Å²) in [5, 5.41) is 8.78. The Morgan fingerprint density at radius 2 is 2.00 bits per heavy atom. The zero-order valence-corrected chi connectivity index (χ0v) is 17.0. The first-order valence-corrected chi connectivity index (χ1v) is 7.40. The van der Waals surface area contributed by atoms with Crippen LogP contribution in [0.5, 0.6) is 0 Å². The second-order valence-corrected chi connectivity index (χ2v) is 6.14. The van der Waals surface area contributed by atoms with Gasteiger partial charge in [0.15, 0.2) is 0 Å². The van der Waals surface area contributed by atoms with E-state index in [9.17, 15) is 9.59 Å². The fourth-order valence-electron chi connectivity index (χ4n) is 1.83. The van der Waals surface area contributed by atoms with E-state index < -0.39 is 12.5 Å². The predicted octanol–water partition coefficient (Wildman–Crippen LogP) is -0.0773. The minimum Gasteiger partial charge on any atom is -0.480 e. The second-order valence-electron chi connectivity index (χ2n) is 4.46. The van der Waals surface area contributed by atoms with Crippen molar-refractivity contribution in [2.45, 2.75) is 6.92 Å². The van der Waals surface area contributed by atoms with Gasteiger partial charge in [0, 0.05) is 0 Å². The first kappa shape index (κ1) is 19.8. The van der Waals surface area contributed by atoms with E-state index in [1.165, 1.54) is 0 Å². The maximum absolute atomic E-state index is 12.1. The van der Waals surface area contributed by atoms with Crippen LogP contribution in [-0.2, 0) is 9.59 Å². The molecular weight excluding hydrogens is 345 g/mol. The molecule has 7 heteroatoms. The summed E-state index contributed by atoms with van der Waals surface area (Å²) >= 11 is 6.17. The van der Waals surface area contributed by atoms with E-state index in [2.05, 4.69) is 0 Å². The molecule has 0 atom stereocenters. The number of benzene rings is 1. The van der Waals surface area contributed by atoms with Gasteiger partial charge in [-0.25, -0.2) is 0 Å². The molecule has 0 aromatic heterocycles. The first-order valence-electron chi connectivity index (χ1n) is 6.18. The summed E-state index contributed by atoms with van der Waals surface area (Å²) < 4.78 is 0.279. The Labute approximate surface area is 181 Å². The Morgan fingerprint density at radius 3 is 2.59 bits per heavy atom. The summed E-state index contributed by atoms with van der Waals surface area (Å²) in [6.45, 7) is 1.49. The summed E-state index contributed by atoms with van der Waals surface area (Å²) in [7, 11) is 0. The van der Waals surface area contributed by atoms with Gasteiger partial charge >= 0.3 is 57.4 Å². The number of thioether (sulfide) groups is 1. The van der Waals surface area contributed by atoms with E-state index in [4.69, 9.17) is 17.3 Å². The van der Waals surface area contributed by atoms with Gasteiger partial charge in [-0.1, -0.05) is 60.4 Å². The number of rotatable bonds is 4. The molecule has 0 spiro atoms. The third kappa shape index (κ3) is 5.41.